The number of fused-ring (bicyclic) bond motifs is 5. The van der Waals surface area contributed by atoms with Gasteiger partial charge in [-0.05, 0) is 36.7 Å². The zero-order valence-electron chi connectivity index (χ0n) is 14.9. The highest BCUT2D eigenvalue weighted by molar-refractivity contribution is 5.92. The molecule has 6 atom stereocenters. The Labute approximate surface area is 148 Å². The number of hydrogen-bond acceptors (Lipinski definition) is 4. The summed E-state index contributed by atoms with van der Waals surface area (Å²) in [6, 6.07) is 0. The van der Waals surface area contributed by atoms with Crippen LogP contribution in [0.25, 0.3) is 0 Å². The van der Waals surface area contributed by atoms with Gasteiger partial charge < -0.3 is 10.2 Å². The van der Waals surface area contributed by atoms with E-state index < -0.39 is 23.4 Å². The number of carbonyl (C=O) groups excluding carboxylic acids is 2. The van der Waals surface area contributed by atoms with Crippen molar-refractivity contribution in [3.05, 3.63) is 36.0 Å². The maximum absolute atomic E-state index is 13.3. The van der Waals surface area contributed by atoms with Crippen LogP contribution in [0.2, 0.25) is 0 Å². The molecule has 4 nitrogen and oxygen atoms in total. The molecule has 25 heavy (non-hydrogen) atoms. The summed E-state index contributed by atoms with van der Waals surface area (Å²) >= 11 is 0. The molecule has 0 aliphatic heterocycles. The molecule has 4 aliphatic carbocycles. The smallest absolute Gasteiger partial charge is 0.190 e. The van der Waals surface area contributed by atoms with Gasteiger partial charge >= 0.3 is 0 Å². The Morgan fingerprint density at radius 3 is 2.80 bits per heavy atom. The largest absolute Gasteiger partial charge is 0.388 e. The van der Waals surface area contributed by atoms with E-state index in [1.54, 1.807) is 0 Å². The molecule has 4 rings (SSSR count). The fraction of sp³-hybridized carbons (Fsp3) is 0.619. The van der Waals surface area contributed by atoms with Gasteiger partial charge in [0.1, 0.15) is 18.0 Å². The van der Waals surface area contributed by atoms with Gasteiger partial charge in [0.15, 0.2) is 5.78 Å². The third kappa shape index (κ3) is 1.95. The predicted molar refractivity (Wildman–Crippen MR) is 93.6 cm³/mol. The number of aliphatic hydroxyl groups is 2. The normalized spacial score (nSPS) is 47.8. The summed E-state index contributed by atoms with van der Waals surface area (Å²) < 4.78 is 0. The van der Waals surface area contributed by atoms with Crippen molar-refractivity contribution in [2.75, 3.05) is 6.61 Å². The fourth-order valence-corrected chi connectivity index (χ4v) is 6.37. The number of hydrogen-bond donors (Lipinski definition) is 2. The molecule has 2 fully saturated rings. The summed E-state index contributed by atoms with van der Waals surface area (Å²) in [4.78, 5) is 25.6. The topological polar surface area (TPSA) is 74.6 Å². The second-order valence-electron chi connectivity index (χ2n) is 8.68. The number of carbonyl (C=O) groups is 2. The number of Topliss-reactive ketones (excluding diaryl/α,β-unsaturated/α-hetero) is 2. The van der Waals surface area contributed by atoms with Crippen molar-refractivity contribution in [3.8, 4) is 0 Å². The van der Waals surface area contributed by atoms with E-state index in [-0.39, 0.29) is 35.4 Å². The number of ketones is 2. The molecule has 4 heteroatoms. The second kappa shape index (κ2) is 5.24. The van der Waals surface area contributed by atoms with Gasteiger partial charge in [0, 0.05) is 23.2 Å². The van der Waals surface area contributed by atoms with Crippen LogP contribution >= 0.6 is 0 Å². The average Bonchev–Trinajstić information content (AvgIpc) is 2.85. The molecule has 0 bridgehead atoms. The Bertz CT molecular complexity index is 732. The van der Waals surface area contributed by atoms with Crippen LogP contribution < -0.4 is 0 Å². The first-order valence-electron chi connectivity index (χ1n) is 9.24. The van der Waals surface area contributed by atoms with Gasteiger partial charge in [-0.15, -0.1) is 0 Å². The monoisotopic (exact) mass is 342 g/mol. The molecule has 134 valence electrons. The van der Waals surface area contributed by atoms with Crippen LogP contribution in [0, 0.1) is 28.6 Å². The van der Waals surface area contributed by atoms with E-state index >= 15 is 0 Å². The van der Waals surface area contributed by atoms with Crippen molar-refractivity contribution in [1.82, 2.24) is 0 Å². The molecule has 2 N–H and O–H groups in total. The van der Waals surface area contributed by atoms with E-state index in [9.17, 15) is 19.8 Å². The lowest BCUT2D eigenvalue weighted by molar-refractivity contribution is -0.167. The van der Waals surface area contributed by atoms with Crippen molar-refractivity contribution < 1.29 is 19.8 Å². The van der Waals surface area contributed by atoms with Gasteiger partial charge in [-0.1, -0.05) is 44.2 Å². The van der Waals surface area contributed by atoms with Crippen LogP contribution in [0.15, 0.2) is 36.0 Å². The second-order valence-corrected chi connectivity index (χ2v) is 8.68. The molecule has 0 amide bonds. The highest BCUT2D eigenvalue weighted by atomic mass is 16.3. The maximum Gasteiger partial charge on any atom is 0.190 e. The average molecular weight is 342 g/mol. The highest BCUT2D eigenvalue weighted by Gasteiger charge is 2.67. The van der Waals surface area contributed by atoms with Crippen LogP contribution in [0.1, 0.15) is 39.5 Å². The van der Waals surface area contributed by atoms with Gasteiger partial charge in [-0.3, -0.25) is 9.59 Å². The van der Waals surface area contributed by atoms with Crippen LogP contribution in [-0.4, -0.2) is 34.0 Å². The third-order valence-corrected chi connectivity index (χ3v) is 7.73. The minimum atomic E-state index is -1.58. The first-order valence-corrected chi connectivity index (χ1v) is 9.24. The van der Waals surface area contributed by atoms with Gasteiger partial charge in [0.25, 0.3) is 0 Å². The Balaban J connectivity index is 1.79. The van der Waals surface area contributed by atoms with Crippen molar-refractivity contribution in [1.29, 1.82) is 0 Å². The van der Waals surface area contributed by atoms with Crippen molar-refractivity contribution >= 4 is 11.6 Å². The predicted octanol–water partition coefficient (Wildman–Crippen LogP) is 2.36. The van der Waals surface area contributed by atoms with Gasteiger partial charge in [0.2, 0.25) is 0 Å². The molecule has 4 aliphatic rings. The SMILES string of the molecule is C[C@]12C=CC=CC1=CC[C@@H]1[C@@H]2C(=O)C[C@@]2(C)[C@H]1CC[C@]2(O)C(=O)CO. The van der Waals surface area contributed by atoms with Gasteiger partial charge in [0.05, 0.1) is 0 Å². The quantitative estimate of drug-likeness (QED) is 0.808. The van der Waals surface area contributed by atoms with Crippen LogP contribution in [-0.2, 0) is 9.59 Å². The van der Waals surface area contributed by atoms with Crippen molar-refractivity contribution in [2.24, 2.45) is 28.6 Å². The first kappa shape index (κ1) is 16.9. The summed E-state index contributed by atoms with van der Waals surface area (Å²) in [6.45, 7) is 3.34. The first-order chi connectivity index (χ1) is 11.8. The number of allylic oxidation sites excluding steroid dienone is 6. The van der Waals surface area contributed by atoms with Crippen LogP contribution in [0.4, 0.5) is 0 Å². The van der Waals surface area contributed by atoms with E-state index in [1.165, 1.54) is 5.57 Å². The summed E-state index contributed by atoms with van der Waals surface area (Å²) in [6.07, 6.45) is 12.6. The van der Waals surface area contributed by atoms with Crippen molar-refractivity contribution in [3.63, 3.8) is 0 Å². The Kier molecular flexibility index (Phi) is 3.55. The fourth-order valence-electron chi connectivity index (χ4n) is 6.37. The zero-order chi connectivity index (χ0) is 18.0. The van der Waals surface area contributed by atoms with E-state index in [4.69, 9.17) is 0 Å². The van der Waals surface area contributed by atoms with E-state index in [0.29, 0.717) is 6.42 Å². The molecule has 0 saturated heterocycles. The molecule has 0 heterocycles. The lowest BCUT2D eigenvalue weighted by atomic mass is 9.48. The summed E-state index contributed by atoms with van der Waals surface area (Å²) in [5.41, 5.74) is -1.45. The third-order valence-electron chi connectivity index (χ3n) is 7.73. The standard InChI is InChI=1S/C21H26O4/c1-19-9-4-3-5-13(19)6-7-14-15-8-10-21(25,17(24)12-22)20(15,2)11-16(23)18(14)19/h3-6,9,14-15,18,22,25H,7-8,10-12H2,1-2H3/t14-,15-,18+,19-,20-,21-/m0/s1. The summed E-state index contributed by atoms with van der Waals surface area (Å²) in [7, 11) is 0. The maximum atomic E-state index is 13.3. The minimum Gasteiger partial charge on any atom is -0.388 e. The Hall–Kier alpha value is -1.52. The van der Waals surface area contributed by atoms with Crippen LogP contribution in [0.3, 0.4) is 0 Å². The Morgan fingerprint density at radius 2 is 2.08 bits per heavy atom. The molecular formula is C21H26O4. The lowest BCUT2D eigenvalue weighted by Gasteiger charge is -2.55. The molecule has 0 aromatic heterocycles. The van der Waals surface area contributed by atoms with E-state index in [1.807, 2.05) is 19.1 Å². The van der Waals surface area contributed by atoms with E-state index in [0.717, 1.165) is 12.8 Å². The minimum absolute atomic E-state index is 0.0987. The molecule has 0 aromatic carbocycles. The number of aliphatic hydroxyl groups excluding tert-OH is 1. The molecule has 0 spiro atoms. The molecule has 0 aromatic rings. The highest BCUT2D eigenvalue weighted by Crippen LogP contribution is 2.65. The summed E-state index contributed by atoms with van der Waals surface area (Å²) in [5.74, 6) is -0.245. The Morgan fingerprint density at radius 1 is 1.32 bits per heavy atom. The van der Waals surface area contributed by atoms with Gasteiger partial charge in [-0.25, -0.2) is 0 Å². The molecule has 0 unspecified atom stereocenters. The lowest BCUT2D eigenvalue weighted by Crippen LogP contribution is -2.60. The molecular weight excluding hydrogens is 316 g/mol. The molecule has 2 saturated carbocycles. The van der Waals surface area contributed by atoms with E-state index in [2.05, 4.69) is 25.2 Å². The van der Waals surface area contributed by atoms with Crippen molar-refractivity contribution in [2.45, 2.75) is 45.1 Å². The zero-order valence-corrected chi connectivity index (χ0v) is 14.9. The van der Waals surface area contributed by atoms with Crippen LogP contribution in [0.5, 0.6) is 0 Å². The number of rotatable bonds is 2. The summed E-state index contributed by atoms with van der Waals surface area (Å²) in [5, 5.41) is 20.5. The van der Waals surface area contributed by atoms with Gasteiger partial charge in [-0.2, -0.15) is 0 Å². The molecule has 0 radical (unpaired) electrons.